The number of nitrogens with zero attached hydrogens (tertiary/aromatic N) is 4. The van der Waals surface area contributed by atoms with Crippen LogP contribution in [0, 0.1) is 37.0 Å². The number of hydrogen-bond acceptors (Lipinski definition) is 6. The number of likely N-dealkylation sites (tertiary alicyclic amines) is 1. The third-order valence-corrected chi connectivity index (χ3v) is 7.07. The van der Waals surface area contributed by atoms with Crippen LogP contribution in [0.4, 0.5) is 9.93 Å². The van der Waals surface area contributed by atoms with Crippen LogP contribution >= 0.6 is 11.3 Å². The molecule has 2 aliphatic heterocycles. The Morgan fingerprint density at radius 1 is 1.18 bits per heavy atom. The number of rotatable bonds is 3. The molecular weight excluding hydrogens is 436 g/mol. The summed E-state index contributed by atoms with van der Waals surface area (Å²) in [4.78, 5) is 36.7. The normalized spacial score (nSPS) is 19.2. The molecule has 2 aliphatic rings. The monoisotopic (exact) mass is 458 g/mol. The lowest BCUT2D eigenvalue weighted by atomic mass is 10.0. The molecule has 4 heterocycles. The molecule has 9 heteroatoms. The van der Waals surface area contributed by atoms with E-state index in [2.05, 4.69) is 21.7 Å². The van der Waals surface area contributed by atoms with E-state index < -0.39 is 0 Å². The van der Waals surface area contributed by atoms with Crippen LogP contribution in [0.1, 0.15) is 17.0 Å². The molecule has 1 aromatic carbocycles. The third-order valence-electron chi connectivity index (χ3n) is 6.05. The summed E-state index contributed by atoms with van der Waals surface area (Å²) < 4.78 is 0. The summed E-state index contributed by atoms with van der Waals surface area (Å²) in [5, 5.41) is 15.6. The number of nitrogens with one attached hydrogen (secondary N) is 2. The number of nitriles is 1. The zero-order valence-corrected chi connectivity index (χ0v) is 19.1. The Morgan fingerprint density at radius 3 is 2.70 bits per heavy atom. The first-order chi connectivity index (χ1) is 15.9. The van der Waals surface area contributed by atoms with E-state index in [9.17, 15) is 14.9 Å². The minimum Gasteiger partial charge on any atom is -0.355 e. The van der Waals surface area contributed by atoms with Crippen molar-refractivity contribution in [3.63, 3.8) is 0 Å². The van der Waals surface area contributed by atoms with Crippen LogP contribution < -0.4 is 10.6 Å². The van der Waals surface area contributed by atoms with Gasteiger partial charge in [-0.15, -0.1) is 0 Å². The number of pyridine rings is 1. The Bertz CT molecular complexity index is 1290. The molecule has 2 aromatic heterocycles. The van der Waals surface area contributed by atoms with Gasteiger partial charge in [0.05, 0.1) is 28.1 Å². The number of aromatic nitrogens is 2. The van der Waals surface area contributed by atoms with Crippen LogP contribution in [-0.2, 0) is 4.79 Å². The average Bonchev–Trinajstić information content (AvgIpc) is 3.49. The molecule has 2 N–H and O–H groups in total. The van der Waals surface area contributed by atoms with Crippen molar-refractivity contribution in [1.82, 2.24) is 20.2 Å². The van der Waals surface area contributed by atoms with Crippen molar-refractivity contribution in [3.8, 4) is 27.8 Å². The number of amides is 3. The Hall–Kier alpha value is -3.77. The van der Waals surface area contributed by atoms with Crippen LogP contribution in [0.2, 0.25) is 0 Å². The van der Waals surface area contributed by atoms with Crippen LogP contribution in [0.5, 0.6) is 0 Å². The van der Waals surface area contributed by atoms with Gasteiger partial charge in [-0.25, -0.2) is 9.78 Å². The van der Waals surface area contributed by atoms with Crippen molar-refractivity contribution >= 4 is 28.4 Å². The number of fused-ring (bicyclic) bond motifs is 1. The van der Waals surface area contributed by atoms with E-state index in [4.69, 9.17) is 4.98 Å². The van der Waals surface area contributed by atoms with Crippen LogP contribution in [0.3, 0.4) is 0 Å². The number of benzene rings is 1. The van der Waals surface area contributed by atoms with Gasteiger partial charge in [0.15, 0.2) is 5.13 Å². The zero-order chi connectivity index (χ0) is 23.1. The van der Waals surface area contributed by atoms with E-state index in [1.807, 2.05) is 38.1 Å². The van der Waals surface area contributed by atoms with E-state index in [1.165, 1.54) is 11.3 Å². The highest BCUT2D eigenvalue weighted by atomic mass is 32.1. The van der Waals surface area contributed by atoms with Gasteiger partial charge in [-0.1, -0.05) is 23.5 Å². The summed E-state index contributed by atoms with van der Waals surface area (Å²) in [6.07, 6.45) is 0. The molecule has 0 radical (unpaired) electrons. The van der Waals surface area contributed by atoms with Gasteiger partial charge in [0.25, 0.3) is 0 Å². The summed E-state index contributed by atoms with van der Waals surface area (Å²) in [5.41, 5.74) is 4.80. The summed E-state index contributed by atoms with van der Waals surface area (Å²) in [6.45, 7) is 5.47. The van der Waals surface area contributed by atoms with Crippen molar-refractivity contribution in [1.29, 1.82) is 5.26 Å². The van der Waals surface area contributed by atoms with E-state index in [1.54, 1.807) is 17.0 Å². The minimum atomic E-state index is -0.253. The molecular formula is C24H22N6O2S. The first-order valence-corrected chi connectivity index (χ1v) is 11.5. The molecule has 33 heavy (non-hydrogen) atoms. The van der Waals surface area contributed by atoms with Gasteiger partial charge in [-0.3, -0.25) is 15.1 Å². The summed E-state index contributed by atoms with van der Waals surface area (Å²) >= 11 is 1.39. The first kappa shape index (κ1) is 21.1. The Balaban J connectivity index is 1.48. The molecule has 0 saturated carbocycles. The number of carbonyl (C=O) groups is 2. The zero-order valence-electron chi connectivity index (χ0n) is 18.3. The van der Waals surface area contributed by atoms with Crippen molar-refractivity contribution in [2.45, 2.75) is 13.8 Å². The van der Waals surface area contributed by atoms with Gasteiger partial charge in [0.1, 0.15) is 0 Å². The molecule has 0 bridgehead atoms. The molecule has 2 saturated heterocycles. The number of hydrogen-bond donors (Lipinski definition) is 2. The molecule has 5 rings (SSSR count). The van der Waals surface area contributed by atoms with E-state index in [0.717, 1.165) is 27.4 Å². The van der Waals surface area contributed by atoms with E-state index in [-0.39, 0.29) is 23.8 Å². The molecule has 3 aromatic rings. The molecule has 2 unspecified atom stereocenters. The number of aryl methyl sites for hydroxylation is 2. The van der Waals surface area contributed by atoms with Crippen molar-refractivity contribution in [2.24, 2.45) is 11.8 Å². The van der Waals surface area contributed by atoms with Gasteiger partial charge >= 0.3 is 6.03 Å². The molecule has 0 spiro atoms. The van der Waals surface area contributed by atoms with Crippen molar-refractivity contribution in [3.05, 3.63) is 53.3 Å². The van der Waals surface area contributed by atoms with Crippen LogP contribution in [0.15, 0.2) is 36.4 Å². The largest absolute Gasteiger partial charge is 0.355 e. The number of thiazole rings is 1. The molecule has 3 amide bonds. The predicted molar refractivity (Wildman–Crippen MR) is 126 cm³/mol. The Morgan fingerprint density at radius 2 is 1.97 bits per heavy atom. The van der Waals surface area contributed by atoms with Gasteiger partial charge in [0, 0.05) is 42.5 Å². The SMILES string of the molecule is Cc1cc(-c2sc(NC(=O)N3CC4CNC(=O)C4C3)nc2-c2cccc(C#N)c2)cc(C)n1. The topological polar surface area (TPSA) is 111 Å². The fourth-order valence-electron chi connectivity index (χ4n) is 4.54. The van der Waals surface area contributed by atoms with Crippen molar-refractivity contribution < 1.29 is 9.59 Å². The second-order valence-corrected chi connectivity index (χ2v) is 9.47. The van der Waals surface area contributed by atoms with E-state index in [0.29, 0.717) is 36.0 Å². The molecule has 2 fully saturated rings. The second-order valence-electron chi connectivity index (χ2n) is 8.47. The van der Waals surface area contributed by atoms with Crippen LogP contribution in [0.25, 0.3) is 21.7 Å². The maximum Gasteiger partial charge on any atom is 0.323 e. The maximum absolute atomic E-state index is 13.0. The van der Waals surface area contributed by atoms with Gasteiger partial charge in [0.2, 0.25) is 5.91 Å². The third kappa shape index (κ3) is 4.05. The maximum atomic E-state index is 13.0. The summed E-state index contributed by atoms with van der Waals surface area (Å²) in [7, 11) is 0. The molecule has 0 aliphatic carbocycles. The highest BCUT2D eigenvalue weighted by Gasteiger charge is 2.43. The molecule has 8 nitrogen and oxygen atoms in total. The Kier molecular flexibility index (Phi) is 5.30. The van der Waals surface area contributed by atoms with Crippen LogP contribution in [-0.4, -0.2) is 46.4 Å². The predicted octanol–water partition coefficient (Wildman–Crippen LogP) is 3.57. The fourth-order valence-corrected chi connectivity index (χ4v) is 5.51. The standard InChI is InChI=1S/C24H22N6O2S/c1-13-6-17(7-14(2)27-13)21-20(16-5-3-4-15(8-16)9-25)28-23(33-21)29-24(32)30-11-18-10-26-22(31)19(18)12-30/h3-8,18-19H,10-12H2,1-2H3,(H,26,31)(H,28,29,32). The second kappa shape index (κ2) is 8.30. The van der Waals surface area contributed by atoms with Gasteiger partial charge in [-0.2, -0.15) is 5.26 Å². The van der Waals surface area contributed by atoms with Gasteiger partial charge < -0.3 is 10.2 Å². The smallest absolute Gasteiger partial charge is 0.323 e. The highest BCUT2D eigenvalue weighted by molar-refractivity contribution is 7.19. The van der Waals surface area contributed by atoms with Crippen molar-refractivity contribution in [2.75, 3.05) is 25.0 Å². The van der Waals surface area contributed by atoms with E-state index >= 15 is 0 Å². The fraction of sp³-hybridized carbons (Fsp3) is 0.292. The Labute approximate surface area is 195 Å². The lowest BCUT2D eigenvalue weighted by Gasteiger charge is -2.16. The average molecular weight is 459 g/mol. The minimum absolute atomic E-state index is 0.0231. The molecule has 166 valence electrons. The number of anilines is 1. The number of carbonyl (C=O) groups excluding carboxylic acids is 2. The lowest BCUT2D eigenvalue weighted by molar-refractivity contribution is -0.122. The lowest BCUT2D eigenvalue weighted by Crippen LogP contribution is -2.36. The number of urea groups is 1. The first-order valence-electron chi connectivity index (χ1n) is 10.7. The molecule has 2 atom stereocenters. The summed E-state index contributed by atoms with van der Waals surface area (Å²) in [5.74, 6) is 0.0618. The quantitative estimate of drug-likeness (QED) is 0.623. The summed E-state index contributed by atoms with van der Waals surface area (Å²) in [6, 6.07) is 13.2. The van der Waals surface area contributed by atoms with Gasteiger partial charge in [-0.05, 0) is 43.7 Å². The highest BCUT2D eigenvalue weighted by Crippen LogP contribution is 2.40.